The Bertz CT molecular complexity index is 1030. The number of rotatable bonds is 8. The largest absolute Gasteiger partial charge is 0.493 e. The number of aromatic nitrogens is 1. The number of nitrogens with zero attached hydrogens (tertiary/aromatic N) is 2. The summed E-state index contributed by atoms with van der Waals surface area (Å²) in [4.78, 5) is 8.45. The van der Waals surface area contributed by atoms with Crippen molar-refractivity contribution >= 4 is 29.9 Å². The minimum absolute atomic E-state index is 0. The normalized spacial score (nSPS) is 10.7. The third kappa shape index (κ3) is 7.26. The Labute approximate surface area is 204 Å². The SMILES string of the molecule is CN=C(NCc1ccnc(Oc2ccc(F)cc2)c1)NCc1ccc(OC)c(OC)c1.I. The van der Waals surface area contributed by atoms with Crippen molar-refractivity contribution in [2.24, 2.45) is 4.99 Å². The molecule has 0 bridgehead atoms. The van der Waals surface area contributed by atoms with Crippen molar-refractivity contribution in [3.8, 4) is 23.1 Å². The third-order valence-electron chi connectivity index (χ3n) is 4.43. The van der Waals surface area contributed by atoms with Crippen molar-refractivity contribution in [2.75, 3.05) is 21.3 Å². The summed E-state index contributed by atoms with van der Waals surface area (Å²) in [5.74, 6) is 2.64. The van der Waals surface area contributed by atoms with Crippen LogP contribution in [-0.2, 0) is 13.1 Å². The Kier molecular flexibility index (Phi) is 9.99. The predicted octanol–water partition coefficient (Wildman–Crippen LogP) is 4.51. The Morgan fingerprint density at radius 3 is 2.19 bits per heavy atom. The summed E-state index contributed by atoms with van der Waals surface area (Å²) in [7, 11) is 4.93. The standard InChI is InChI=1S/C23H25FN4O3.HI/c1-25-23(27-14-16-4-9-20(29-2)21(12-16)30-3)28-15-17-10-11-26-22(13-17)31-19-7-5-18(24)6-8-19;/h4-13H,14-15H2,1-3H3,(H2,25,27,28);1H. The number of benzene rings is 2. The van der Waals surface area contributed by atoms with Crippen LogP contribution in [0.1, 0.15) is 11.1 Å². The topological polar surface area (TPSA) is 77.0 Å². The number of nitrogens with one attached hydrogen (secondary N) is 2. The van der Waals surface area contributed by atoms with Gasteiger partial charge in [0.15, 0.2) is 17.5 Å². The van der Waals surface area contributed by atoms with Gasteiger partial charge in [-0.25, -0.2) is 9.37 Å². The molecule has 0 saturated carbocycles. The van der Waals surface area contributed by atoms with Gasteiger partial charge in [-0.2, -0.15) is 0 Å². The molecule has 1 heterocycles. The number of hydrogen-bond donors (Lipinski definition) is 2. The maximum atomic E-state index is 13.0. The molecule has 3 rings (SSSR count). The summed E-state index contributed by atoms with van der Waals surface area (Å²) < 4.78 is 29.3. The zero-order valence-electron chi connectivity index (χ0n) is 18.1. The summed E-state index contributed by atoms with van der Waals surface area (Å²) in [6, 6.07) is 15.2. The molecule has 9 heteroatoms. The number of aliphatic imine (C=N–C) groups is 1. The van der Waals surface area contributed by atoms with Crippen molar-refractivity contribution in [3.05, 3.63) is 77.7 Å². The first-order valence-electron chi connectivity index (χ1n) is 9.65. The first-order chi connectivity index (χ1) is 15.1. The molecule has 0 aliphatic heterocycles. The lowest BCUT2D eigenvalue weighted by Gasteiger charge is -2.14. The monoisotopic (exact) mass is 552 g/mol. The van der Waals surface area contributed by atoms with Gasteiger partial charge in [0, 0.05) is 32.4 Å². The molecule has 0 spiro atoms. The average Bonchev–Trinajstić information content (AvgIpc) is 2.80. The molecule has 0 aliphatic rings. The van der Waals surface area contributed by atoms with E-state index in [1.54, 1.807) is 39.6 Å². The first-order valence-corrected chi connectivity index (χ1v) is 9.65. The highest BCUT2D eigenvalue weighted by atomic mass is 127. The molecule has 2 N–H and O–H groups in total. The van der Waals surface area contributed by atoms with Crippen molar-refractivity contribution < 1.29 is 18.6 Å². The molecule has 3 aromatic rings. The highest BCUT2D eigenvalue weighted by molar-refractivity contribution is 14.0. The molecular weight excluding hydrogens is 526 g/mol. The van der Waals surface area contributed by atoms with Crippen LogP contribution in [0.2, 0.25) is 0 Å². The number of methoxy groups -OCH3 is 2. The summed E-state index contributed by atoms with van der Waals surface area (Å²) in [5.41, 5.74) is 1.99. The van der Waals surface area contributed by atoms with Gasteiger partial charge < -0.3 is 24.8 Å². The molecule has 0 amide bonds. The van der Waals surface area contributed by atoms with E-state index >= 15 is 0 Å². The highest BCUT2D eigenvalue weighted by Crippen LogP contribution is 2.27. The second-order valence-electron chi connectivity index (χ2n) is 6.53. The van der Waals surface area contributed by atoms with E-state index in [0.29, 0.717) is 42.2 Å². The van der Waals surface area contributed by atoms with Gasteiger partial charge in [0.25, 0.3) is 0 Å². The number of hydrogen-bond acceptors (Lipinski definition) is 5. The number of ether oxygens (including phenoxy) is 3. The van der Waals surface area contributed by atoms with Crippen LogP contribution in [0.4, 0.5) is 4.39 Å². The van der Waals surface area contributed by atoms with Crippen molar-refractivity contribution in [3.63, 3.8) is 0 Å². The van der Waals surface area contributed by atoms with Gasteiger partial charge in [0.2, 0.25) is 5.88 Å². The molecule has 2 aromatic carbocycles. The Morgan fingerprint density at radius 2 is 1.56 bits per heavy atom. The lowest BCUT2D eigenvalue weighted by molar-refractivity contribution is 0.354. The summed E-state index contributed by atoms with van der Waals surface area (Å²) >= 11 is 0. The molecule has 0 atom stereocenters. The van der Waals surface area contributed by atoms with Gasteiger partial charge in [-0.3, -0.25) is 4.99 Å². The van der Waals surface area contributed by atoms with Crippen molar-refractivity contribution in [1.82, 2.24) is 15.6 Å². The van der Waals surface area contributed by atoms with E-state index in [-0.39, 0.29) is 29.8 Å². The zero-order chi connectivity index (χ0) is 22.1. The number of pyridine rings is 1. The van der Waals surface area contributed by atoms with E-state index in [2.05, 4.69) is 20.6 Å². The lowest BCUT2D eigenvalue weighted by Crippen LogP contribution is -2.36. The third-order valence-corrected chi connectivity index (χ3v) is 4.43. The van der Waals surface area contributed by atoms with Crippen molar-refractivity contribution in [1.29, 1.82) is 0 Å². The van der Waals surface area contributed by atoms with Crippen LogP contribution in [-0.4, -0.2) is 32.2 Å². The number of halogens is 2. The van der Waals surface area contributed by atoms with E-state index in [1.807, 2.05) is 30.3 Å². The second kappa shape index (κ2) is 12.7. The molecule has 0 saturated heterocycles. The highest BCUT2D eigenvalue weighted by Gasteiger charge is 2.06. The molecule has 0 aliphatic carbocycles. The van der Waals surface area contributed by atoms with E-state index < -0.39 is 0 Å². The fraction of sp³-hybridized carbons (Fsp3) is 0.217. The average molecular weight is 552 g/mol. The van der Waals surface area contributed by atoms with Crippen LogP contribution in [0.25, 0.3) is 0 Å². The molecule has 0 unspecified atom stereocenters. The minimum Gasteiger partial charge on any atom is -0.493 e. The zero-order valence-corrected chi connectivity index (χ0v) is 20.4. The molecule has 1 aromatic heterocycles. The fourth-order valence-electron chi connectivity index (χ4n) is 2.82. The van der Waals surface area contributed by atoms with Crippen LogP contribution < -0.4 is 24.8 Å². The first kappa shape index (κ1) is 25.2. The van der Waals surface area contributed by atoms with E-state index in [0.717, 1.165) is 11.1 Å². The smallest absolute Gasteiger partial charge is 0.219 e. The molecular formula is C23H26FIN4O3. The second-order valence-corrected chi connectivity index (χ2v) is 6.53. The molecule has 32 heavy (non-hydrogen) atoms. The van der Waals surface area contributed by atoms with Crippen LogP contribution in [0.15, 0.2) is 65.8 Å². The van der Waals surface area contributed by atoms with Gasteiger partial charge in [-0.15, -0.1) is 24.0 Å². The summed E-state index contributed by atoms with van der Waals surface area (Å²) in [6.45, 7) is 1.09. The minimum atomic E-state index is -0.315. The molecule has 0 fully saturated rings. The van der Waals surface area contributed by atoms with E-state index in [1.165, 1.54) is 12.1 Å². The van der Waals surface area contributed by atoms with Gasteiger partial charge in [0.1, 0.15) is 11.6 Å². The van der Waals surface area contributed by atoms with Crippen LogP contribution in [0, 0.1) is 5.82 Å². The van der Waals surface area contributed by atoms with E-state index in [9.17, 15) is 4.39 Å². The Morgan fingerprint density at radius 1 is 0.906 bits per heavy atom. The maximum Gasteiger partial charge on any atom is 0.219 e. The van der Waals surface area contributed by atoms with Gasteiger partial charge in [-0.05, 0) is 53.6 Å². The summed E-state index contributed by atoms with van der Waals surface area (Å²) in [5, 5.41) is 6.52. The maximum absolute atomic E-state index is 13.0. The van der Waals surface area contributed by atoms with Crippen molar-refractivity contribution in [2.45, 2.75) is 13.1 Å². The van der Waals surface area contributed by atoms with Crippen LogP contribution >= 0.6 is 24.0 Å². The molecule has 170 valence electrons. The van der Waals surface area contributed by atoms with E-state index in [4.69, 9.17) is 14.2 Å². The Balaban J connectivity index is 0.00000363. The molecule has 7 nitrogen and oxygen atoms in total. The summed E-state index contributed by atoms with van der Waals surface area (Å²) in [6.07, 6.45) is 1.66. The van der Waals surface area contributed by atoms with Gasteiger partial charge in [0.05, 0.1) is 14.2 Å². The number of guanidine groups is 1. The Hall–Kier alpha value is -3.08. The van der Waals surface area contributed by atoms with Gasteiger partial charge >= 0.3 is 0 Å². The predicted molar refractivity (Wildman–Crippen MR) is 133 cm³/mol. The molecule has 0 radical (unpaired) electrons. The fourth-order valence-corrected chi connectivity index (χ4v) is 2.82. The lowest BCUT2D eigenvalue weighted by atomic mass is 10.2. The van der Waals surface area contributed by atoms with Gasteiger partial charge in [-0.1, -0.05) is 6.07 Å². The van der Waals surface area contributed by atoms with Crippen LogP contribution in [0.5, 0.6) is 23.1 Å². The van der Waals surface area contributed by atoms with Crippen LogP contribution in [0.3, 0.4) is 0 Å². The quantitative estimate of drug-likeness (QED) is 0.243.